The minimum atomic E-state index is -1.16. The van der Waals surface area contributed by atoms with E-state index in [1.807, 2.05) is 0 Å². The van der Waals surface area contributed by atoms with Crippen LogP contribution in [0.1, 0.15) is 16.6 Å². The summed E-state index contributed by atoms with van der Waals surface area (Å²) in [5.74, 6) is -2.48. The molecule has 20 heavy (non-hydrogen) atoms. The van der Waals surface area contributed by atoms with E-state index in [1.165, 1.54) is 13.0 Å². The Balaban J connectivity index is 2.42. The van der Waals surface area contributed by atoms with Crippen molar-refractivity contribution in [1.29, 1.82) is 0 Å². The van der Waals surface area contributed by atoms with Crippen LogP contribution in [0.25, 0.3) is 0 Å². The lowest BCUT2D eigenvalue weighted by Gasteiger charge is -2.03. The van der Waals surface area contributed by atoms with Crippen LogP contribution in [0.5, 0.6) is 0 Å². The van der Waals surface area contributed by atoms with Crippen molar-refractivity contribution in [2.45, 2.75) is 6.92 Å². The number of carbonyl (C=O) groups is 4. The Morgan fingerprint density at radius 3 is 2.45 bits per heavy atom. The van der Waals surface area contributed by atoms with Crippen molar-refractivity contribution in [2.24, 2.45) is 0 Å². The van der Waals surface area contributed by atoms with Gasteiger partial charge in [-0.15, -0.1) is 11.3 Å². The summed E-state index contributed by atoms with van der Waals surface area (Å²) in [4.78, 5) is 44.2. The van der Waals surface area contributed by atoms with Gasteiger partial charge in [0.2, 0.25) is 11.8 Å². The van der Waals surface area contributed by atoms with Crippen molar-refractivity contribution in [3.05, 3.63) is 17.0 Å². The fraction of sp³-hybridized carbons (Fsp3) is 0.273. The minimum Gasteiger partial charge on any atom is -0.480 e. The third kappa shape index (κ3) is 5.48. The van der Waals surface area contributed by atoms with Crippen molar-refractivity contribution in [3.63, 3.8) is 0 Å². The largest absolute Gasteiger partial charge is 0.480 e. The number of hydrogen-bond donors (Lipinski definition) is 4. The predicted molar refractivity (Wildman–Crippen MR) is 71.6 cm³/mol. The van der Waals surface area contributed by atoms with Crippen molar-refractivity contribution < 1.29 is 24.3 Å². The molecule has 0 fully saturated rings. The smallest absolute Gasteiger partial charge is 0.322 e. The third-order valence-corrected chi connectivity index (χ3v) is 2.97. The predicted octanol–water partition coefficient (Wildman–Crippen LogP) is -0.363. The molecule has 1 heterocycles. The topological polar surface area (TPSA) is 125 Å². The van der Waals surface area contributed by atoms with Crippen molar-refractivity contribution in [1.82, 2.24) is 10.6 Å². The van der Waals surface area contributed by atoms with Gasteiger partial charge in [0.05, 0.1) is 16.4 Å². The van der Waals surface area contributed by atoms with Crippen LogP contribution in [0.4, 0.5) is 5.00 Å². The van der Waals surface area contributed by atoms with E-state index < -0.39 is 24.3 Å². The summed E-state index contributed by atoms with van der Waals surface area (Å²) in [7, 11) is 0. The van der Waals surface area contributed by atoms with E-state index in [-0.39, 0.29) is 12.5 Å². The summed E-state index contributed by atoms with van der Waals surface area (Å²) in [6.07, 6.45) is 0. The number of thiophene rings is 1. The molecule has 0 aromatic carbocycles. The molecule has 0 aliphatic heterocycles. The molecule has 0 bridgehead atoms. The van der Waals surface area contributed by atoms with Gasteiger partial charge < -0.3 is 21.1 Å². The van der Waals surface area contributed by atoms with Gasteiger partial charge in [-0.1, -0.05) is 0 Å². The van der Waals surface area contributed by atoms with Gasteiger partial charge in [0, 0.05) is 6.92 Å². The molecule has 1 aromatic rings. The second-order valence-electron chi connectivity index (χ2n) is 3.70. The van der Waals surface area contributed by atoms with E-state index in [1.54, 1.807) is 6.07 Å². The summed E-state index contributed by atoms with van der Waals surface area (Å²) in [5.41, 5.74) is 0. The highest BCUT2D eigenvalue weighted by molar-refractivity contribution is 7.18. The second kappa shape index (κ2) is 7.24. The third-order valence-electron chi connectivity index (χ3n) is 1.98. The van der Waals surface area contributed by atoms with Gasteiger partial charge in [-0.3, -0.25) is 19.2 Å². The molecule has 9 heteroatoms. The van der Waals surface area contributed by atoms with Crippen molar-refractivity contribution in [2.75, 3.05) is 18.4 Å². The Hall–Kier alpha value is -2.42. The number of carboxylic acids is 1. The summed E-state index contributed by atoms with van der Waals surface area (Å²) in [6, 6.07) is 3.09. The molecule has 0 atom stereocenters. The Labute approximate surface area is 118 Å². The first-order valence-electron chi connectivity index (χ1n) is 5.52. The molecule has 0 spiro atoms. The normalized spacial score (nSPS) is 9.65. The highest BCUT2D eigenvalue weighted by Crippen LogP contribution is 2.21. The Kier molecular flexibility index (Phi) is 5.66. The number of rotatable bonds is 6. The van der Waals surface area contributed by atoms with E-state index in [2.05, 4.69) is 16.0 Å². The zero-order chi connectivity index (χ0) is 15.1. The molecule has 0 aliphatic carbocycles. The molecule has 3 amide bonds. The molecule has 4 N–H and O–H groups in total. The summed E-state index contributed by atoms with van der Waals surface area (Å²) in [6.45, 7) is 0.534. The maximum atomic E-state index is 11.7. The first-order valence-corrected chi connectivity index (χ1v) is 6.34. The summed E-state index contributed by atoms with van der Waals surface area (Å²) in [5, 5.41) is 15.9. The zero-order valence-corrected chi connectivity index (χ0v) is 11.4. The maximum absolute atomic E-state index is 11.7. The molecule has 0 saturated carbocycles. The van der Waals surface area contributed by atoms with Crippen LogP contribution in [0.15, 0.2) is 12.1 Å². The first-order chi connectivity index (χ1) is 9.38. The van der Waals surface area contributed by atoms with Gasteiger partial charge in [0.25, 0.3) is 5.91 Å². The molecular formula is C11H13N3O5S. The summed E-state index contributed by atoms with van der Waals surface area (Å²) < 4.78 is 0. The first kappa shape index (κ1) is 15.6. The van der Waals surface area contributed by atoms with Crippen LogP contribution in [0.3, 0.4) is 0 Å². The van der Waals surface area contributed by atoms with Gasteiger partial charge >= 0.3 is 5.97 Å². The lowest BCUT2D eigenvalue weighted by molar-refractivity contribution is -0.137. The number of hydrogen-bond acceptors (Lipinski definition) is 5. The van der Waals surface area contributed by atoms with E-state index in [9.17, 15) is 19.2 Å². The van der Waals surface area contributed by atoms with Crippen molar-refractivity contribution in [3.8, 4) is 0 Å². The standard InChI is InChI=1S/C11H13N3O5S/c1-6(15)14-9-3-2-7(20-9)11(19)13-4-8(16)12-5-10(17)18/h2-3H,4-5H2,1H3,(H,12,16)(H,13,19)(H,14,15)(H,17,18). The molecular weight excluding hydrogens is 286 g/mol. The Morgan fingerprint density at radius 1 is 1.15 bits per heavy atom. The van der Waals surface area contributed by atoms with E-state index in [0.29, 0.717) is 9.88 Å². The number of aliphatic carboxylic acids is 1. The molecule has 0 radical (unpaired) electrons. The molecule has 0 aliphatic rings. The monoisotopic (exact) mass is 299 g/mol. The molecule has 1 aromatic heterocycles. The van der Waals surface area contributed by atoms with Gasteiger partial charge in [0.15, 0.2) is 0 Å². The van der Waals surface area contributed by atoms with Crippen LogP contribution < -0.4 is 16.0 Å². The lowest BCUT2D eigenvalue weighted by Crippen LogP contribution is -2.38. The summed E-state index contributed by atoms with van der Waals surface area (Å²) >= 11 is 1.07. The molecule has 8 nitrogen and oxygen atoms in total. The maximum Gasteiger partial charge on any atom is 0.322 e. The van der Waals surface area contributed by atoms with Crippen LogP contribution in [0.2, 0.25) is 0 Å². The molecule has 108 valence electrons. The molecule has 0 saturated heterocycles. The lowest BCUT2D eigenvalue weighted by atomic mass is 10.4. The van der Waals surface area contributed by atoms with Crippen LogP contribution >= 0.6 is 11.3 Å². The van der Waals surface area contributed by atoms with Crippen LogP contribution in [-0.2, 0) is 14.4 Å². The van der Waals surface area contributed by atoms with E-state index in [0.717, 1.165) is 11.3 Å². The number of carbonyl (C=O) groups excluding carboxylic acids is 3. The minimum absolute atomic E-state index is 0.244. The van der Waals surface area contributed by atoms with Gasteiger partial charge in [0.1, 0.15) is 6.54 Å². The van der Waals surface area contributed by atoms with Crippen LogP contribution in [-0.4, -0.2) is 41.9 Å². The quantitative estimate of drug-likeness (QED) is 0.571. The van der Waals surface area contributed by atoms with E-state index >= 15 is 0 Å². The van der Waals surface area contributed by atoms with Gasteiger partial charge in [-0.25, -0.2) is 0 Å². The molecule has 0 unspecified atom stereocenters. The average Bonchev–Trinajstić information content (AvgIpc) is 2.81. The fourth-order valence-electron chi connectivity index (χ4n) is 1.18. The highest BCUT2D eigenvalue weighted by atomic mass is 32.1. The highest BCUT2D eigenvalue weighted by Gasteiger charge is 2.11. The zero-order valence-electron chi connectivity index (χ0n) is 10.6. The number of carboxylic acid groups (broad SMARTS) is 1. The average molecular weight is 299 g/mol. The van der Waals surface area contributed by atoms with Gasteiger partial charge in [-0.05, 0) is 12.1 Å². The van der Waals surface area contributed by atoms with E-state index in [4.69, 9.17) is 5.11 Å². The van der Waals surface area contributed by atoms with Gasteiger partial charge in [-0.2, -0.15) is 0 Å². The van der Waals surface area contributed by atoms with Crippen LogP contribution in [0, 0.1) is 0 Å². The number of nitrogens with one attached hydrogen (secondary N) is 3. The number of amides is 3. The Bertz CT molecular complexity index is 540. The fourth-order valence-corrected chi connectivity index (χ4v) is 2.05. The Morgan fingerprint density at radius 2 is 1.85 bits per heavy atom. The second-order valence-corrected chi connectivity index (χ2v) is 4.78. The number of anilines is 1. The SMILES string of the molecule is CC(=O)Nc1ccc(C(=O)NCC(=O)NCC(=O)O)s1. The van der Waals surface area contributed by atoms with Crippen molar-refractivity contribution >= 4 is 40.0 Å². The molecule has 1 rings (SSSR count).